The molecular weight excluding hydrogens is 462 g/mol. The van der Waals surface area contributed by atoms with Crippen LogP contribution in [0.3, 0.4) is 0 Å². The minimum Gasteiger partial charge on any atom is -0.493 e. The second-order valence-electron chi connectivity index (χ2n) is 8.56. The molecule has 1 amide bonds. The van der Waals surface area contributed by atoms with Gasteiger partial charge in [0.2, 0.25) is 5.91 Å². The Bertz CT molecular complexity index is 1100. The summed E-state index contributed by atoms with van der Waals surface area (Å²) < 4.78 is 12.8. The Balaban J connectivity index is 1.38. The van der Waals surface area contributed by atoms with Crippen molar-refractivity contribution in [2.45, 2.75) is 44.1 Å². The number of benzene rings is 2. The van der Waals surface area contributed by atoms with E-state index in [1.165, 1.54) is 36.6 Å². The average molecular weight is 496 g/mol. The molecule has 2 heterocycles. The molecule has 1 aliphatic rings. The molecule has 1 saturated heterocycles. The molecule has 0 atom stereocenters. The van der Waals surface area contributed by atoms with Gasteiger partial charge in [-0.05, 0) is 49.2 Å². The first-order valence-electron chi connectivity index (χ1n) is 11.9. The summed E-state index contributed by atoms with van der Waals surface area (Å²) in [7, 11) is 3.20. The summed E-state index contributed by atoms with van der Waals surface area (Å²) in [4.78, 5) is 15.1. The van der Waals surface area contributed by atoms with E-state index in [9.17, 15) is 4.79 Å². The molecule has 35 heavy (non-hydrogen) atoms. The molecule has 8 nitrogen and oxygen atoms in total. The Labute approximate surface area is 211 Å². The number of carbonyl (C=O) groups excluding carboxylic acids is 1. The highest BCUT2D eigenvalue weighted by atomic mass is 32.2. The fourth-order valence-corrected chi connectivity index (χ4v) is 4.94. The minimum atomic E-state index is -0.0587. The fourth-order valence-electron chi connectivity index (χ4n) is 4.16. The normalized spacial score (nSPS) is 14.0. The Morgan fingerprint density at radius 2 is 1.71 bits per heavy atom. The number of amides is 1. The summed E-state index contributed by atoms with van der Waals surface area (Å²) in [6.07, 6.45) is 3.76. The van der Waals surface area contributed by atoms with Crippen molar-refractivity contribution < 1.29 is 14.3 Å². The molecule has 3 aromatic rings. The SMILES string of the molecule is COc1ccc(CNC(=O)CSc2nnc(CN3CCCCC3)n2Cc2ccccc2)cc1OC. The van der Waals surface area contributed by atoms with Gasteiger partial charge in [-0.3, -0.25) is 9.69 Å². The van der Waals surface area contributed by atoms with Gasteiger partial charge in [0.25, 0.3) is 0 Å². The number of carbonyl (C=O) groups is 1. The van der Waals surface area contributed by atoms with Gasteiger partial charge in [0.05, 0.1) is 33.1 Å². The summed E-state index contributed by atoms with van der Waals surface area (Å²) in [6.45, 7) is 4.08. The van der Waals surface area contributed by atoms with E-state index in [-0.39, 0.29) is 11.7 Å². The third-order valence-electron chi connectivity index (χ3n) is 6.06. The first-order valence-corrected chi connectivity index (χ1v) is 12.9. The van der Waals surface area contributed by atoms with Crippen molar-refractivity contribution in [3.05, 3.63) is 65.5 Å². The summed E-state index contributed by atoms with van der Waals surface area (Å²) in [6, 6.07) is 15.9. The molecular formula is C26H33N5O3S. The van der Waals surface area contributed by atoms with Crippen molar-refractivity contribution in [1.82, 2.24) is 25.0 Å². The lowest BCUT2D eigenvalue weighted by Crippen LogP contribution is -2.30. The molecule has 1 aromatic heterocycles. The molecule has 0 unspecified atom stereocenters. The van der Waals surface area contributed by atoms with E-state index >= 15 is 0 Å². The van der Waals surface area contributed by atoms with E-state index in [1.807, 2.05) is 36.4 Å². The van der Waals surface area contributed by atoms with Crippen molar-refractivity contribution in [3.63, 3.8) is 0 Å². The molecule has 0 bridgehead atoms. The second kappa shape index (κ2) is 12.6. The van der Waals surface area contributed by atoms with Crippen LogP contribution in [0.2, 0.25) is 0 Å². The first kappa shape index (κ1) is 25.1. The molecule has 9 heteroatoms. The highest BCUT2D eigenvalue weighted by Gasteiger charge is 2.19. The molecule has 0 saturated carbocycles. The second-order valence-corrected chi connectivity index (χ2v) is 9.50. The first-order chi connectivity index (χ1) is 17.2. The maximum absolute atomic E-state index is 12.6. The molecule has 0 spiro atoms. The van der Waals surface area contributed by atoms with Gasteiger partial charge in [-0.2, -0.15) is 0 Å². The number of nitrogens with zero attached hydrogens (tertiary/aromatic N) is 4. The monoisotopic (exact) mass is 495 g/mol. The highest BCUT2D eigenvalue weighted by molar-refractivity contribution is 7.99. The third kappa shape index (κ3) is 6.99. The minimum absolute atomic E-state index is 0.0587. The molecule has 186 valence electrons. The number of likely N-dealkylation sites (tertiary alicyclic amines) is 1. The molecule has 0 radical (unpaired) electrons. The van der Waals surface area contributed by atoms with E-state index in [0.717, 1.165) is 36.2 Å². The van der Waals surface area contributed by atoms with E-state index in [0.29, 0.717) is 24.6 Å². The maximum Gasteiger partial charge on any atom is 0.230 e. The quantitative estimate of drug-likeness (QED) is 0.406. The number of hydrogen-bond donors (Lipinski definition) is 1. The number of piperidine rings is 1. The van der Waals surface area contributed by atoms with Gasteiger partial charge in [0.1, 0.15) is 5.82 Å². The predicted octanol–water partition coefficient (Wildman–Crippen LogP) is 3.74. The van der Waals surface area contributed by atoms with E-state index in [4.69, 9.17) is 9.47 Å². The summed E-state index contributed by atoms with van der Waals surface area (Å²) in [5.41, 5.74) is 2.13. The Morgan fingerprint density at radius 1 is 0.943 bits per heavy atom. The number of ether oxygens (including phenoxy) is 2. The average Bonchev–Trinajstić information content (AvgIpc) is 3.27. The van der Waals surface area contributed by atoms with E-state index < -0.39 is 0 Å². The lowest BCUT2D eigenvalue weighted by Gasteiger charge is -2.26. The topological polar surface area (TPSA) is 81.5 Å². The van der Waals surface area contributed by atoms with Crippen LogP contribution in [0.25, 0.3) is 0 Å². The van der Waals surface area contributed by atoms with Crippen molar-refractivity contribution in [1.29, 1.82) is 0 Å². The van der Waals surface area contributed by atoms with Crippen LogP contribution in [0.4, 0.5) is 0 Å². The number of methoxy groups -OCH3 is 2. The molecule has 1 aliphatic heterocycles. The lowest BCUT2D eigenvalue weighted by molar-refractivity contribution is -0.118. The zero-order valence-electron chi connectivity index (χ0n) is 20.4. The van der Waals surface area contributed by atoms with Gasteiger partial charge in [0.15, 0.2) is 16.7 Å². The summed E-state index contributed by atoms with van der Waals surface area (Å²) in [5, 5.41) is 12.7. The largest absolute Gasteiger partial charge is 0.493 e. The van der Waals surface area contributed by atoms with Crippen LogP contribution in [0, 0.1) is 0 Å². The standard InChI is InChI=1S/C26H33N5O3S/c1-33-22-12-11-21(15-23(22)34-2)16-27-25(32)19-35-26-29-28-24(18-30-13-7-4-8-14-30)31(26)17-20-9-5-3-6-10-20/h3,5-6,9-12,15H,4,7-8,13-14,16-19H2,1-2H3,(H,27,32). The predicted molar refractivity (Wildman–Crippen MR) is 137 cm³/mol. The van der Waals surface area contributed by atoms with Crippen molar-refractivity contribution >= 4 is 17.7 Å². The lowest BCUT2D eigenvalue weighted by atomic mass is 10.1. The molecule has 1 N–H and O–H groups in total. The van der Waals surface area contributed by atoms with Gasteiger partial charge in [-0.15, -0.1) is 10.2 Å². The van der Waals surface area contributed by atoms with Crippen LogP contribution in [0.5, 0.6) is 11.5 Å². The fraction of sp³-hybridized carbons (Fsp3) is 0.423. The van der Waals surface area contributed by atoms with Crippen LogP contribution >= 0.6 is 11.8 Å². The number of thioether (sulfide) groups is 1. The van der Waals surface area contributed by atoms with Crippen LogP contribution in [0.1, 0.15) is 36.2 Å². The van der Waals surface area contributed by atoms with E-state index in [2.05, 4.69) is 37.1 Å². The molecule has 2 aromatic carbocycles. The highest BCUT2D eigenvalue weighted by Crippen LogP contribution is 2.27. The summed E-state index contributed by atoms with van der Waals surface area (Å²) >= 11 is 1.42. The van der Waals surface area contributed by atoms with E-state index in [1.54, 1.807) is 14.2 Å². The van der Waals surface area contributed by atoms with Crippen LogP contribution < -0.4 is 14.8 Å². The van der Waals surface area contributed by atoms with Crippen molar-refractivity contribution in [2.24, 2.45) is 0 Å². The van der Waals surface area contributed by atoms with Gasteiger partial charge < -0.3 is 19.4 Å². The smallest absolute Gasteiger partial charge is 0.230 e. The molecule has 0 aliphatic carbocycles. The number of nitrogens with one attached hydrogen (secondary N) is 1. The number of hydrogen-bond acceptors (Lipinski definition) is 7. The Kier molecular flexibility index (Phi) is 9.02. The van der Waals surface area contributed by atoms with Gasteiger partial charge >= 0.3 is 0 Å². The van der Waals surface area contributed by atoms with Gasteiger partial charge in [-0.1, -0.05) is 54.6 Å². The summed E-state index contributed by atoms with van der Waals surface area (Å²) in [5.74, 6) is 2.46. The molecule has 4 rings (SSSR count). The Morgan fingerprint density at radius 3 is 2.46 bits per heavy atom. The van der Waals surface area contributed by atoms with Crippen LogP contribution in [-0.4, -0.2) is 58.6 Å². The van der Waals surface area contributed by atoms with Crippen LogP contribution in [0.15, 0.2) is 53.7 Å². The maximum atomic E-state index is 12.6. The molecule has 1 fully saturated rings. The zero-order chi connectivity index (χ0) is 24.5. The van der Waals surface area contributed by atoms with Crippen LogP contribution in [-0.2, 0) is 24.4 Å². The Hall–Kier alpha value is -3.04. The van der Waals surface area contributed by atoms with Crippen molar-refractivity contribution in [3.8, 4) is 11.5 Å². The van der Waals surface area contributed by atoms with Gasteiger partial charge in [-0.25, -0.2) is 0 Å². The third-order valence-corrected chi connectivity index (χ3v) is 7.03. The van der Waals surface area contributed by atoms with Gasteiger partial charge in [0, 0.05) is 6.54 Å². The van der Waals surface area contributed by atoms with Crippen molar-refractivity contribution in [2.75, 3.05) is 33.1 Å². The number of aromatic nitrogens is 3. The zero-order valence-corrected chi connectivity index (χ0v) is 21.2. The number of rotatable bonds is 11.